The molecule has 0 bridgehead atoms. The van der Waals surface area contributed by atoms with Gasteiger partial charge >= 0.3 is 0 Å². The van der Waals surface area contributed by atoms with Gasteiger partial charge in [-0.25, -0.2) is 0 Å². The van der Waals surface area contributed by atoms with Crippen molar-refractivity contribution in [3.63, 3.8) is 0 Å². The van der Waals surface area contributed by atoms with Gasteiger partial charge in [0.1, 0.15) is 0 Å². The fraction of sp³-hybridized carbons (Fsp3) is 0. The molecule has 0 spiro atoms. The average molecular weight is 683 g/mol. The van der Waals surface area contributed by atoms with Crippen LogP contribution < -0.4 is 0 Å². The Kier molecular flexibility index (Phi) is 159. The van der Waals surface area contributed by atoms with Gasteiger partial charge in [-0.3, -0.25) is 0 Å². The minimum Gasteiger partial charge on any atom is 0 e. The zero-order valence-electron chi connectivity index (χ0n) is 2.04. The molecule has 0 aromatic rings. The van der Waals surface area contributed by atoms with Crippen LogP contribution >= 0.6 is 0 Å². The summed E-state index contributed by atoms with van der Waals surface area (Å²) in [4.78, 5) is 0. The summed E-state index contributed by atoms with van der Waals surface area (Å²) in [5.41, 5.74) is 0. The van der Waals surface area contributed by atoms with Gasteiger partial charge in [0.25, 0.3) is 0 Å². The smallest absolute Gasteiger partial charge is 0 e. The van der Waals surface area contributed by atoms with E-state index in [1.165, 1.54) is 0 Å². The SMILES string of the molecule is [Ce].[La].[Pd].[Pt].[Rh]. The van der Waals surface area contributed by atoms with E-state index in [0.29, 0.717) is 0 Å². The predicted molar refractivity (Wildman–Crippen MR) is 0 cm³/mol. The summed E-state index contributed by atoms with van der Waals surface area (Å²) in [6, 6.07) is 0. The molecule has 0 amide bonds. The van der Waals surface area contributed by atoms with E-state index >= 15 is 0 Å². The van der Waals surface area contributed by atoms with Crippen molar-refractivity contribution in [3.8, 4) is 0 Å². The molecule has 0 saturated heterocycles. The maximum Gasteiger partial charge on any atom is 0 e. The Balaban J connectivity index is 0. The molecule has 0 aliphatic carbocycles. The molecule has 2 radical (unpaired) electrons. The molecule has 0 atom stereocenters. The van der Waals surface area contributed by atoms with Gasteiger partial charge in [0, 0.05) is 138 Å². The van der Waals surface area contributed by atoms with E-state index in [1.54, 1.807) is 0 Å². The summed E-state index contributed by atoms with van der Waals surface area (Å²) < 4.78 is 0. The van der Waals surface area contributed by atoms with Crippen molar-refractivity contribution in [2.75, 3.05) is 0 Å². The van der Waals surface area contributed by atoms with Crippen LogP contribution in [0.3, 0.4) is 0 Å². The van der Waals surface area contributed by atoms with Crippen LogP contribution in [0.4, 0.5) is 0 Å². The van der Waals surface area contributed by atoms with Crippen molar-refractivity contribution in [3.05, 3.63) is 0 Å². The van der Waals surface area contributed by atoms with Gasteiger partial charge in [0.15, 0.2) is 0 Å². The standard InChI is InChI=1S/Ce.La.Pd.Pt.Rh. The zero-order chi connectivity index (χ0) is 0. The first-order chi connectivity index (χ1) is 0. The molecule has 0 N–H and O–H groups in total. The summed E-state index contributed by atoms with van der Waals surface area (Å²) in [6.07, 6.45) is 0. The molecule has 0 saturated carbocycles. The van der Waals surface area contributed by atoms with E-state index < -0.39 is 0 Å². The monoisotopic (exact) mass is 683 g/mol. The maximum absolute atomic E-state index is 0. The van der Waals surface area contributed by atoms with Crippen LogP contribution in [-0.4, -0.2) is 0 Å². The normalized spacial score (nSPS) is 0. The van der Waals surface area contributed by atoms with Gasteiger partial charge < -0.3 is 0 Å². The quantitative estimate of drug-likeness (QED) is 0.316. The largest absolute Gasteiger partial charge is 0 e. The summed E-state index contributed by atoms with van der Waals surface area (Å²) in [5, 5.41) is 0. The van der Waals surface area contributed by atoms with Crippen LogP contribution in [0.15, 0.2) is 0 Å². The van der Waals surface area contributed by atoms with Crippen molar-refractivity contribution in [1.82, 2.24) is 0 Å². The Bertz CT molecular complexity index is 11.6. The first-order valence-electron chi connectivity index (χ1n) is 0. The van der Waals surface area contributed by atoms with Crippen molar-refractivity contribution in [2.45, 2.75) is 0 Å². The molecule has 36 valence electrons. The number of hydrogen-bond donors (Lipinski definition) is 0. The molecular weight excluding hydrogens is 683 g/mol. The Morgan fingerprint density at radius 1 is 1.00 bits per heavy atom. The minimum absolute atomic E-state index is 0. The van der Waals surface area contributed by atoms with E-state index in [2.05, 4.69) is 0 Å². The third kappa shape index (κ3) is 17.7. The fourth-order valence-corrected chi connectivity index (χ4v) is 0. The van der Waals surface area contributed by atoms with E-state index in [9.17, 15) is 0 Å². The van der Waals surface area contributed by atoms with Gasteiger partial charge in [0.05, 0.1) is 0 Å². The zero-order valence-corrected chi connectivity index (χ0v) is 14.3. The van der Waals surface area contributed by atoms with Gasteiger partial charge in [0.2, 0.25) is 0 Å². The van der Waals surface area contributed by atoms with Crippen LogP contribution in [-0.2, 0) is 61.0 Å². The first kappa shape index (κ1) is 33.7. The van der Waals surface area contributed by atoms with Gasteiger partial charge in [-0.15, -0.1) is 0 Å². The molecule has 0 fully saturated rings. The van der Waals surface area contributed by atoms with Crippen molar-refractivity contribution in [2.24, 2.45) is 0 Å². The van der Waals surface area contributed by atoms with Crippen molar-refractivity contribution < 1.29 is 138 Å². The molecule has 5 heteroatoms. The van der Waals surface area contributed by atoms with Crippen molar-refractivity contribution in [1.29, 1.82) is 0 Å². The summed E-state index contributed by atoms with van der Waals surface area (Å²) in [5.74, 6) is 0. The Hall–Kier alpha value is 4.55. The second kappa shape index (κ2) is 23.5. The molecule has 0 aliphatic heterocycles. The maximum atomic E-state index is 0. The van der Waals surface area contributed by atoms with Gasteiger partial charge in [-0.2, -0.15) is 0 Å². The van der Waals surface area contributed by atoms with Crippen LogP contribution in [0.1, 0.15) is 0 Å². The number of hydrogen-bond acceptors (Lipinski definition) is 0. The van der Waals surface area contributed by atoms with Gasteiger partial charge in [-0.1, -0.05) is 0 Å². The van der Waals surface area contributed by atoms with E-state index in [0.717, 1.165) is 0 Å². The number of rotatable bonds is 0. The van der Waals surface area contributed by atoms with Crippen LogP contribution in [0.2, 0.25) is 0 Å². The molecule has 0 heterocycles. The summed E-state index contributed by atoms with van der Waals surface area (Å²) >= 11 is 0. The fourth-order valence-electron chi connectivity index (χ4n) is 0. The van der Waals surface area contributed by atoms with E-state index in [1.807, 2.05) is 0 Å². The van der Waals surface area contributed by atoms with Crippen LogP contribution in [0.25, 0.3) is 0 Å². The van der Waals surface area contributed by atoms with Crippen molar-refractivity contribution >= 4 is 0 Å². The second-order valence-electron chi connectivity index (χ2n) is 0. The van der Waals surface area contributed by atoms with Gasteiger partial charge in [-0.05, 0) is 0 Å². The first-order valence-corrected chi connectivity index (χ1v) is 0. The average Bonchev–Trinajstić information content (AvgIpc) is 0. The Morgan fingerprint density at radius 3 is 1.00 bits per heavy atom. The molecular formula is CeLaPdPtRh. The van der Waals surface area contributed by atoms with E-state index in [4.69, 9.17) is 0 Å². The minimum atomic E-state index is 0. The molecule has 0 aromatic carbocycles. The molecule has 5 heavy (non-hydrogen) atoms. The van der Waals surface area contributed by atoms with Crippen LogP contribution in [0, 0.1) is 77.3 Å². The van der Waals surface area contributed by atoms with Crippen LogP contribution in [0.5, 0.6) is 0 Å². The third-order valence-corrected chi connectivity index (χ3v) is 0. The summed E-state index contributed by atoms with van der Waals surface area (Å²) in [6.45, 7) is 0. The molecule has 0 unspecified atom stereocenters. The summed E-state index contributed by atoms with van der Waals surface area (Å²) in [7, 11) is 0. The predicted octanol–water partition coefficient (Wildman–Crippen LogP) is -0.00750. The third-order valence-electron chi connectivity index (χ3n) is 0. The molecule has 0 aromatic heterocycles. The molecule has 0 aliphatic rings. The Morgan fingerprint density at radius 2 is 1.00 bits per heavy atom. The molecule has 0 rings (SSSR count). The second-order valence-corrected chi connectivity index (χ2v) is 0. The molecule has 0 nitrogen and oxygen atoms in total. The Labute approximate surface area is 134 Å². The van der Waals surface area contributed by atoms with E-state index in [-0.39, 0.29) is 138 Å². The topological polar surface area (TPSA) is 0 Å².